The van der Waals surface area contributed by atoms with Crippen molar-refractivity contribution in [3.63, 3.8) is 0 Å². The second kappa shape index (κ2) is 4.88. The van der Waals surface area contributed by atoms with Gasteiger partial charge >= 0.3 is 0 Å². The van der Waals surface area contributed by atoms with Crippen LogP contribution in [0.2, 0.25) is 0 Å². The third kappa shape index (κ3) is 2.22. The van der Waals surface area contributed by atoms with Gasteiger partial charge in [0.2, 0.25) is 0 Å². The van der Waals surface area contributed by atoms with Crippen molar-refractivity contribution in [1.82, 2.24) is 4.90 Å². The van der Waals surface area contributed by atoms with Crippen LogP contribution in [0.1, 0.15) is 37.8 Å². The zero-order chi connectivity index (χ0) is 11.5. The number of hydrogen-bond donors (Lipinski definition) is 1. The summed E-state index contributed by atoms with van der Waals surface area (Å²) in [5.74, 6) is 0. The standard InChI is InChI=1S/C14H22N2/c1-3-5-11(2)16-9-8-12-6-4-7-14(15)13(12)10-16/h4,6-7,11H,3,5,8-10,15H2,1-2H3. The van der Waals surface area contributed by atoms with E-state index in [1.54, 1.807) is 0 Å². The first-order valence-corrected chi connectivity index (χ1v) is 6.32. The zero-order valence-corrected chi connectivity index (χ0v) is 10.4. The summed E-state index contributed by atoms with van der Waals surface area (Å²) in [4.78, 5) is 2.56. The van der Waals surface area contributed by atoms with E-state index in [-0.39, 0.29) is 0 Å². The molecule has 1 aromatic carbocycles. The number of rotatable bonds is 3. The van der Waals surface area contributed by atoms with E-state index in [1.165, 1.54) is 30.5 Å². The Bertz CT molecular complexity index is 360. The first-order chi connectivity index (χ1) is 7.72. The van der Waals surface area contributed by atoms with E-state index in [1.807, 2.05) is 6.07 Å². The van der Waals surface area contributed by atoms with E-state index in [4.69, 9.17) is 5.73 Å². The van der Waals surface area contributed by atoms with E-state index in [0.717, 1.165) is 18.7 Å². The molecule has 1 aromatic rings. The maximum absolute atomic E-state index is 6.05. The van der Waals surface area contributed by atoms with Gasteiger partial charge in [-0.05, 0) is 37.0 Å². The van der Waals surface area contributed by atoms with Gasteiger partial charge in [-0.15, -0.1) is 0 Å². The summed E-state index contributed by atoms with van der Waals surface area (Å²) in [5, 5.41) is 0. The van der Waals surface area contributed by atoms with Gasteiger partial charge in [-0.25, -0.2) is 0 Å². The van der Waals surface area contributed by atoms with E-state index in [0.29, 0.717) is 6.04 Å². The summed E-state index contributed by atoms with van der Waals surface area (Å²) in [7, 11) is 0. The lowest BCUT2D eigenvalue weighted by Crippen LogP contribution is -2.37. The Balaban J connectivity index is 2.13. The molecule has 2 nitrogen and oxygen atoms in total. The molecule has 0 amide bonds. The molecule has 2 heteroatoms. The van der Waals surface area contributed by atoms with Crippen LogP contribution in [-0.4, -0.2) is 17.5 Å². The fourth-order valence-electron chi connectivity index (χ4n) is 2.60. The zero-order valence-electron chi connectivity index (χ0n) is 10.4. The second-order valence-corrected chi connectivity index (χ2v) is 4.84. The predicted molar refractivity (Wildman–Crippen MR) is 69.3 cm³/mol. The Morgan fingerprint density at radius 1 is 1.44 bits per heavy atom. The van der Waals surface area contributed by atoms with Crippen LogP contribution in [0.5, 0.6) is 0 Å². The quantitative estimate of drug-likeness (QED) is 0.790. The highest BCUT2D eigenvalue weighted by Crippen LogP contribution is 2.26. The molecule has 2 N–H and O–H groups in total. The van der Waals surface area contributed by atoms with Crippen molar-refractivity contribution >= 4 is 5.69 Å². The Hall–Kier alpha value is -1.02. The number of nitrogen functional groups attached to an aromatic ring is 1. The van der Waals surface area contributed by atoms with Crippen LogP contribution in [0.4, 0.5) is 5.69 Å². The number of fused-ring (bicyclic) bond motifs is 1. The van der Waals surface area contributed by atoms with Crippen molar-refractivity contribution in [2.75, 3.05) is 12.3 Å². The van der Waals surface area contributed by atoms with Crippen LogP contribution in [0.3, 0.4) is 0 Å². The van der Waals surface area contributed by atoms with Crippen molar-refractivity contribution < 1.29 is 0 Å². The van der Waals surface area contributed by atoms with E-state index in [9.17, 15) is 0 Å². The summed E-state index contributed by atoms with van der Waals surface area (Å²) in [6.45, 7) is 6.79. The highest BCUT2D eigenvalue weighted by Gasteiger charge is 2.21. The van der Waals surface area contributed by atoms with Gasteiger partial charge in [-0.3, -0.25) is 4.90 Å². The topological polar surface area (TPSA) is 29.3 Å². The minimum Gasteiger partial charge on any atom is -0.398 e. The summed E-state index contributed by atoms with van der Waals surface area (Å²) in [6, 6.07) is 6.98. The van der Waals surface area contributed by atoms with Gasteiger partial charge in [0.25, 0.3) is 0 Å². The number of nitrogens with zero attached hydrogens (tertiary/aromatic N) is 1. The number of anilines is 1. The lowest BCUT2D eigenvalue weighted by Gasteiger charge is -2.34. The molecule has 0 aromatic heterocycles. The maximum atomic E-state index is 6.05. The lowest BCUT2D eigenvalue weighted by molar-refractivity contribution is 0.182. The Labute approximate surface area is 98.4 Å². The minimum atomic E-state index is 0.678. The molecular weight excluding hydrogens is 196 g/mol. The summed E-state index contributed by atoms with van der Waals surface area (Å²) >= 11 is 0. The number of benzene rings is 1. The molecule has 0 bridgehead atoms. The van der Waals surface area contributed by atoms with Gasteiger partial charge in [0.1, 0.15) is 0 Å². The fraction of sp³-hybridized carbons (Fsp3) is 0.571. The van der Waals surface area contributed by atoms with Crippen LogP contribution < -0.4 is 5.73 Å². The largest absolute Gasteiger partial charge is 0.398 e. The first-order valence-electron chi connectivity index (χ1n) is 6.32. The predicted octanol–water partition coefficient (Wildman–Crippen LogP) is 2.82. The maximum Gasteiger partial charge on any atom is 0.0362 e. The fourth-order valence-corrected chi connectivity index (χ4v) is 2.60. The van der Waals surface area contributed by atoms with Gasteiger partial charge in [-0.2, -0.15) is 0 Å². The molecule has 0 saturated carbocycles. The molecule has 1 unspecified atom stereocenters. The third-order valence-corrected chi connectivity index (χ3v) is 3.67. The monoisotopic (exact) mass is 218 g/mol. The molecule has 0 saturated heterocycles. The molecule has 16 heavy (non-hydrogen) atoms. The lowest BCUT2D eigenvalue weighted by atomic mass is 9.96. The molecule has 2 rings (SSSR count). The molecule has 1 heterocycles. The smallest absolute Gasteiger partial charge is 0.0362 e. The number of nitrogens with two attached hydrogens (primary N) is 1. The van der Waals surface area contributed by atoms with E-state index >= 15 is 0 Å². The Morgan fingerprint density at radius 2 is 2.25 bits per heavy atom. The van der Waals surface area contributed by atoms with E-state index in [2.05, 4.69) is 30.9 Å². The van der Waals surface area contributed by atoms with Crippen molar-refractivity contribution in [2.45, 2.75) is 45.7 Å². The van der Waals surface area contributed by atoms with Gasteiger partial charge < -0.3 is 5.73 Å². The molecule has 1 aliphatic heterocycles. The molecule has 1 aliphatic rings. The van der Waals surface area contributed by atoms with Crippen molar-refractivity contribution in [2.24, 2.45) is 0 Å². The molecule has 0 radical (unpaired) electrons. The molecule has 88 valence electrons. The molecule has 0 aliphatic carbocycles. The van der Waals surface area contributed by atoms with Gasteiger partial charge in [-0.1, -0.05) is 25.5 Å². The average molecular weight is 218 g/mol. The molecule has 1 atom stereocenters. The highest BCUT2D eigenvalue weighted by molar-refractivity contribution is 5.51. The van der Waals surface area contributed by atoms with Crippen LogP contribution in [0.25, 0.3) is 0 Å². The van der Waals surface area contributed by atoms with E-state index < -0.39 is 0 Å². The van der Waals surface area contributed by atoms with Crippen LogP contribution in [-0.2, 0) is 13.0 Å². The SMILES string of the molecule is CCCC(C)N1CCc2cccc(N)c2C1. The van der Waals surface area contributed by atoms with Crippen molar-refractivity contribution in [3.05, 3.63) is 29.3 Å². The summed E-state index contributed by atoms with van der Waals surface area (Å²) < 4.78 is 0. The van der Waals surface area contributed by atoms with Crippen molar-refractivity contribution in [3.8, 4) is 0 Å². The van der Waals surface area contributed by atoms with Gasteiger partial charge in [0.15, 0.2) is 0 Å². The molecular formula is C14H22N2. The molecule has 0 spiro atoms. The Morgan fingerprint density at radius 3 is 3.00 bits per heavy atom. The second-order valence-electron chi connectivity index (χ2n) is 4.84. The molecule has 0 fully saturated rings. The van der Waals surface area contributed by atoms with Crippen LogP contribution >= 0.6 is 0 Å². The highest BCUT2D eigenvalue weighted by atomic mass is 15.2. The van der Waals surface area contributed by atoms with Crippen LogP contribution in [0.15, 0.2) is 18.2 Å². The summed E-state index contributed by atoms with van der Waals surface area (Å²) in [5.41, 5.74) is 9.82. The van der Waals surface area contributed by atoms with Gasteiger partial charge in [0, 0.05) is 24.8 Å². The average Bonchev–Trinajstić information content (AvgIpc) is 2.29. The summed E-state index contributed by atoms with van der Waals surface area (Å²) in [6.07, 6.45) is 3.69. The van der Waals surface area contributed by atoms with Crippen LogP contribution in [0, 0.1) is 0 Å². The minimum absolute atomic E-state index is 0.678. The third-order valence-electron chi connectivity index (χ3n) is 3.67. The first kappa shape index (κ1) is 11.5. The number of hydrogen-bond acceptors (Lipinski definition) is 2. The van der Waals surface area contributed by atoms with Gasteiger partial charge in [0.05, 0.1) is 0 Å². The normalized spacial score (nSPS) is 18.1. The van der Waals surface area contributed by atoms with Crippen molar-refractivity contribution in [1.29, 1.82) is 0 Å². The Kier molecular flexibility index (Phi) is 3.49.